The highest BCUT2D eigenvalue weighted by Gasteiger charge is 2.03. The molecule has 2 N–H and O–H groups in total. The minimum Gasteiger partial charge on any atom is -0.357 e. The third-order valence-electron chi connectivity index (χ3n) is 2.77. The molecule has 74 valence electrons. The van der Waals surface area contributed by atoms with Gasteiger partial charge in [0.2, 0.25) is 0 Å². The lowest BCUT2D eigenvalue weighted by Gasteiger charge is -1.99. The molecule has 2 aromatic rings. The molecule has 0 aliphatic heterocycles. The Morgan fingerprint density at radius 2 is 2.07 bits per heavy atom. The normalized spacial score (nSPS) is 11.1. The van der Waals surface area contributed by atoms with E-state index >= 15 is 0 Å². The molecular weight excluding hydrogens is 172 g/mol. The molecule has 1 aromatic heterocycles. The molecule has 0 atom stereocenters. The first-order valence-electron chi connectivity index (χ1n) is 4.95. The average molecular weight is 188 g/mol. The largest absolute Gasteiger partial charge is 0.357 e. The van der Waals surface area contributed by atoms with Crippen LogP contribution in [0.1, 0.15) is 16.8 Å². The van der Waals surface area contributed by atoms with E-state index in [9.17, 15) is 0 Å². The summed E-state index contributed by atoms with van der Waals surface area (Å²) in [7, 11) is 1.96. The summed E-state index contributed by atoms with van der Waals surface area (Å²) in [5.41, 5.74) is 5.21. The van der Waals surface area contributed by atoms with Crippen molar-refractivity contribution in [3.63, 3.8) is 0 Å². The summed E-state index contributed by atoms with van der Waals surface area (Å²) in [6, 6.07) is 6.54. The molecule has 1 aromatic carbocycles. The Morgan fingerprint density at radius 1 is 1.29 bits per heavy atom. The van der Waals surface area contributed by atoms with Gasteiger partial charge in [-0.3, -0.25) is 0 Å². The van der Waals surface area contributed by atoms with Gasteiger partial charge in [0.25, 0.3) is 0 Å². The molecule has 2 rings (SSSR count). The van der Waals surface area contributed by atoms with Crippen molar-refractivity contribution in [1.29, 1.82) is 0 Å². The van der Waals surface area contributed by atoms with Crippen LogP contribution in [0.3, 0.4) is 0 Å². The van der Waals surface area contributed by atoms with Crippen molar-refractivity contribution in [3.05, 3.63) is 35.0 Å². The number of benzene rings is 1. The second kappa shape index (κ2) is 3.46. The van der Waals surface area contributed by atoms with E-state index in [0.29, 0.717) is 0 Å². The van der Waals surface area contributed by atoms with Crippen molar-refractivity contribution in [2.24, 2.45) is 0 Å². The first kappa shape index (κ1) is 9.28. The number of rotatable bonds is 2. The van der Waals surface area contributed by atoms with Gasteiger partial charge in [0, 0.05) is 23.1 Å². The fraction of sp³-hybridized carbons (Fsp3) is 0.333. The van der Waals surface area contributed by atoms with Gasteiger partial charge < -0.3 is 10.3 Å². The van der Waals surface area contributed by atoms with Gasteiger partial charge in [0.15, 0.2) is 0 Å². The zero-order valence-electron chi connectivity index (χ0n) is 8.94. The lowest BCUT2D eigenvalue weighted by atomic mass is 10.1. The Kier molecular flexibility index (Phi) is 2.30. The zero-order chi connectivity index (χ0) is 10.1. The number of nitrogens with one attached hydrogen (secondary N) is 2. The van der Waals surface area contributed by atoms with Crippen molar-refractivity contribution in [3.8, 4) is 0 Å². The molecule has 2 heteroatoms. The van der Waals surface area contributed by atoms with E-state index in [-0.39, 0.29) is 0 Å². The smallest absolute Gasteiger partial charge is 0.0459 e. The Hall–Kier alpha value is -1.28. The molecule has 0 spiro atoms. The summed E-state index contributed by atoms with van der Waals surface area (Å²) < 4.78 is 0. The summed E-state index contributed by atoms with van der Waals surface area (Å²) in [4.78, 5) is 3.40. The minimum atomic E-state index is 0.896. The van der Waals surface area contributed by atoms with Crippen LogP contribution in [0.15, 0.2) is 18.2 Å². The van der Waals surface area contributed by atoms with Crippen molar-refractivity contribution in [2.75, 3.05) is 7.05 Å². The summed E-state index contributed by atoms with van der Waals surface area (Å²) in [6.45, 7) is 5.22. The molecular formula is C12H16N2. The van der Waals surface area contributed by atoms with E-state index in [1.807, 2.05) is 7.05 Å². The van der Waals surface area contributed by atoms with Crippen LogP contribution in [-0.4, -0.2) is 12.0 Å². The second-order valence-corrected chi connectivity index (χ2v) is 3.79. The van der Waals surface area contributed by atoms with Crippen molar-refractivity contribution >= 4 is 10.9 Å². The van der Waals surface area contributed by atoms with E-state index in [1.54, 1.807) is 0 Å². The molecule has 0 saturated heterocycles. The van der Waals surface area contributed by atoms with Gasteiger partial charge in [-0.15, -0.1) is 0 Å². The summed E-state index contributed by atoms with van der Waals surface area (Å²) >= 11 is 0. The number of hydrogen-bond acceptors (Lipinski definition) is 1. The Labute approximate surface area is 84.3 Å². The molecule has 2 nitrogen and oxygen atoms in total. The fourth-order valence-corrected chi connectivity index (χ4v) is 1.80. The molecule has 14 heavy (non-hydrogen) atoms. The van der Waals surface area contributed by atoms with Crippen LogP contribution in [0.25, 0.3) is 10.9 Å². The van der Waals surface area contributed by atoms with Crippen LogP contribution in [0.2, 0.25) is 0 Å². The van der Waals surface area contributed by atoms with Gasteiger partial charge in [-0.2, -0.15) is 0 Å². The maximum atomic E-state index is 3.40. The van der Waals surface area contributed by atoms with Crippen LogP contribution in [0.5, 0.6) is 0 Å². The molecule has 1 heterocycles. The van der Waals surface area contributed by atoms with Crippen LogP contribution < -0.4 is 5.32 Å². The fourth-order valence-electron chi connectivity index (χ4n) is 1.80. The Bertz CT molecular complexity index is 455. The van der Waals surface area contributed by atoms with Crippen LogP contribution in [0, 0.1) is 13.8 Å². The third-order valence-corrected chi connectivity index (χ3v) is 2.77. The van der Waals surface area contributed by atoms with E-state index in [4.69, 9.17) is 0 Å². The number of aromatic amines is 1. The van der Waals surface area contributed by atoms with Crippen LogP contribution in [0.4, 0.5) is 0 Å². The molecule has 0 unspecified atom stereocenters. The van der Waals surface area contributed by atoms with E-state index in [1.165, 1.54) is 27.7 Å². The lowest BCUT2D eigenvalue weighted by Crippen LogP contribution is -2.04. The maximum absolute atomic E-state index is 3.40. The highest BCUT2D eigenvalue weighted by atomic mass is 14.9. The molecule has 0 fully saturated rings. The van der Waals surface area contributed by atoms with Gasteiger partial charge in [0.1, 0.15) is 0 Å². The predicted octanol–water partition coefficient (Wildman–Crippen LogP) is 2.50. The average Bonchev–Trinajstić information content (AvgIpc) is 2.56. The highest BCUT2D eigenvalue weighted by Crippen LogP contribution is 2.22. The van der Waals surface area contributed by atoms with Gasteiger partial charge in [0.05, 0.1) is 0 Å². The molecule has 0 aliphatic rings. The quantitative estimate of drug-likeness (QED) is 0.744. The topological polar surface area (TPSA) is 27.8 Å². The zero-order valence-corrected chi connectivity index (χ0v) is 8.94. The summed E-state index contributed by atoms with van der Waals surface area (Å²) in [5, 5.41) is 4.49. The monoisotopic (exact) mass is 188 g/mol. The molecule has 0 bridgehead atoms. The van der Waals surface area contributed by atoms with Crippen LogP contribution in [-0.2, 0) is 6.54 Å². The van der Waals surface area contributed by atoms with Gasteiger partial charge in [-0.25, -0.2) is 0 Å². The predicted molar refractivity (Wildman–Crippen MR) is 60.5 cm³/mol. The van der Waals surface area contributed by atoms with Crippen molar-refractivity contribution < 1.29 is 0 Å². The molecule has 0 saturated carbocycles. The summed E-state index contributed by atoms with van der Waals surface area (Å²) in [5.74, 6) is 0. The number of fused-ring (bicyclic) bond motifs is 1. The number of H-pyrrole nitrogens is 1. The molecule has 0 radical (unpaired) electrons. The first-order valence-corrected chi connectivity index (χ1v) is 4.95. The summed E-state index contributed by atoms with van der Waals surface area (Å²) in [6.07, 6.45) is 0. The lowest BCUT2D eigenvalue weighted by molar-refractivity contribution is 0.800. The van der Waals surface area contributed by atoms with Crippen LogP contribution >= 0.6 is 0 Å². The first-order chi connectivity index (χ1) is 6.72. The maximum Gasteiger partial charge on any atom is 0.0459 e. The van der Waals surface area contributed by atoms with Crippen molar-refractivity contribution in [1.82, 2.24) is 10.3 Å². The highest BCUT2D eigenvalue weighted by molar-refractivity contribution is 5.84. The minimum absolute atomic E-state index is 0.896. The number of aromatic nitrogens is 1. The Morgan fingerprint density at radius 3 is 2.79 bits per heavy atom. The second-order valence-electron chi connectivity index (χ2n) is 3.79. The SMILES string of the molecule is CNCc1cc2c(C)c(C)ccc2[nH]1. The Balaban J connectivity index is 2.59. The van der Waals surface area contributed by atoms with Gasteiger partial charge >= 0.3 is 0 Å². The van der Waals surface area contributed by atoms with Gasteiger partial charge in [-0.1, -0.05) is 6.07 Å². The third kappa shape index (κ3) is 1.42. The van der Waals surface area contributed by atoms with Crippen molar-refractivity contribution in [2.45, 2.75) is 20.4 Å². The number of aryl methyl sites for hydroxylation is 2. The van der Waals surface area contributed by atoms with Gasteiger partial charge in [-0.05, 0) is 44.2 Å². The molecule has 0 amide bonds. The standard InChI is InChI=1S/C12H16N2/c1-8-4-5-12-11(9(8)2)6-10(14-12)7-13-3/h4-6,13-14H,7H2,1-3H3. The van der Waals surface area contributed by atoms with E-state index < -0.39 is 0 Å². The molecule has 0 aliphatic carbocycles. The van der Waals surface area contributed by atoms with E-state index in [2.05, 4.69) is 42.3 Å². The number of hydrogen-bond donors (Lipinski definition) is 2. The van der Waals surface area contributed by atoms with E-state index in [0.717, 1.165) is 6.54 Å².